The van der Waals surface area contributed by atoms with E-state index in [9.17, 15) is 9.90 Å². The van der Waals surface area contributed by atoms with Crippen LogP contribution in [0, 0.1) is 11.3 Å². The Kier molecular flexibility index (Phi) is 4.54. The van der Waals surface area contributed by atoms with E-state index in [1.807, 2.05) is 24.3 Å². The van der Waals surface area contributed by atoms with Gasteiger partial charge in [-0.2, -0.15) is 5.26 Å². The summed E-state index contributed by atoms with van der Waals surface area (Å²) in [4.78, 5) is 12.3. The highest BCUT2D eigenvalue weighted by Gasteiger charge is 2.20. The van der Waals surface area contributed by atoms with E-state index in [1.54, 1.807) is 12.1 Å². The first-order chi connectivity index (χ1) is 10.2. The Morgan fingerprint density at radius 1 is 1.29 bits per heavy atom. The third-order valence-corrected chi connectivity index (χ3v) is 2.96. The topological polar surface area (TPSA) is 82.3 Å². The Morgan fingerprint density at radius 2 is 2.00 bits per heavy atom. The fourth-order valence-corrected chi connectivity index (χ4v) is 1.93. The molecule has 0 spiro atoms. The molecular weight excluding hydrogens is 268 g/mol. The van der Waals surface area contributed by atoms with E-state index in [4.69, 9.17) is 10.00 Å². The van der Waals surface area contributed by atoms with Crippen molar-refractivity contribution in [3.05, 3.63) is 59.7 Å². The molecule has 5 heteroatoms. The number of nitriles is 1. The molecule has 0 heterocycles. The van der Waals surface area contributed by atoms with Crippen LogP contribution in [0.25, 0.3) is 0 Å². The summed E-state index contributed by atoms with van der Waals surface area (Å²) in [7, 11) is 1.43. The Bertz CT molecular complexity index is 678. The number of aromatic hydroxyl groups is 1. The minimum atomic E-state index is -0.795. The first-order valence-electron chi connectivity index (χ1n) is 6.27. The van der Waals surface area contributed by atoms with Crippen molar-refractivity contribution in [3.63, 3.8) is 0 Å². The summed E-state index contributed by atoms with van der Waals surface area (Å²) >= 11 is 0. The van der Waals surface area contributed by atoms with Crippen LogP contribution < -0.4 is 5.32 Å². The lowest BCUT2D eigenvalue weighted by atomic mass is 10.1. The molecule has 2 aromatic rings. The van der Waals surface area contributed by atoms with Gasteiger partial charge >= 0.3 is 0 Å². The highest BCUT2D eigenvalue weighted by molar-refractivity contribution is 5.96. The number of amides is 1. The van der Waals surface area contributed by atoms with Crippen molar-refractivity contribution in [2.75, 3.05) is 12.4 Å². The molecule has 0 saturated heterocycles. The molecule has 106 valence electrons. The third kappa shape index (κ3) is 3.38. The van der Waals surface area contributed by atoms with Gasteiger partial charge in [-0.3, -0.25) is 4.79 Å². The highest BCUT2D eigenvalue weighted by atomic mass is 16.5. The average Bonchev–Trinajstić information content (AvgIpc) is 2.51. The minimum Gasteiger partial charge on any atom is -0.506 e. The van der Waals surface area contributed by atoms with Crippen molar-refractivity contribution >= 4 is 11.6 Å². The van der Waals surface area contributed by atoms with E-state index in [-0.39, 0.29) is 11.4 Å². The molecular formula is C16H14N2O3. The molecule has 2 aromatic carbocycles. The zero-order valence-electron chi connectivity index (χ0n) is 11.4. The van der Waals surface area contributed by atoms with Gasteiger partial charge in [-0.15, -0.1) is 0 Å². The summed E-state index contributed by atoms with van der Waals surface area (Å²) in [6.45, 7) is 0. The van der Waals surface area contributed by atoms with Crippen molar-refractivity contribution in [2.45, 2.75) is 6.10 Å². The summed E-state index contributed by atoms with van der Waals surface area (Å²) < 4.78 is 5.21. The maximum atomic E-state index is 12.3. The fraction of sp³-hybridized carbons (Fsp3) is 0.125. The number of benzene rings is 2. The molecule has 0 saturated carbocycles. The number of methoxy groups -OCH3 is 1. The second kappa shape index (κ2) is 6.55. The number of anilines is 1. The monoisotopic (exact) mass is 282 g/mol. The Morgan fingerprint density at radius 3 is 2.62 bits per heavy atom. The van der Waals surface area contributed by atoms with Crippen LogP contribution in [0.5, 0.6) is 5.75 Å². The van der Waals surface area contributed by atoms with E-state index in [2.05, 4.69) is 5.32 Å². The number of carbonyl (C=O) groups excluding carboxylic acids is 1. The van der Waals surface area contributed by atoms with Crippen molar-refractivity contribution in [1.82, 2.24) is 0 Å². The standard InChI is InChI=1S/C16H14N2O3/c1-21-15(12-5-3-2-4-6-12)16(20)18-13-9-11(10-17)7-8-14(13)19/h2-9,15,19H,1H3,(H,18,20)/t15-/m1/s1. The van der Waals surface area contributed by atoms with Crippen molar-refractivity contribution in [2.24, 2.45) is 0 Å². The second-order valence-corrected chi connectivity index (χ2v) is 4.36. The highest BCUT2D eigenvalue weighted by Crippen LogP contribution is 2.26. The first kappa shape index (κ1) is 14.6. The molecule has 0 aliphatic heterocycles. The van der Waals surface area contributed by atoms with Crippen molar-refractivity contribution < 1.29 is 14.6 Å². The predicted molar refractivity (Wildman–Crippen MR) is 77.6 cm³/mol. The summed E-state index contributed by atoms with van der Waals surface area (Å²) in [6.07, 6.45) is -0.795. The average molecular weight is 282 g/mol. The number of ether oxygens (including phenoxy) is 1. The van der Waals surface area contributed by atoms with E-state index in [0.29, 0.717) is 11.1 Å². The summed E-state index contributed by atoms with van der Waals surface area (Å²) in [5.74, 6) is -0.528. The third-order valence-electron chi connectivity index (χ3n) is 2.96. The molecule has 0 aliphatic rings. The number of rotatable bonds is 4. The quantitative estimate of drug-likeness (QED) is 0.844. The predicted octanol–water partition coefficient (Wildman–Crippen LogP) is 2.59. The van der Waals surface area contributed by atoms with Gasteiger partial charge in [0.15, 0.2) is 6.10 Å². The largest absolute Gasteiger partial charge is 0.506 e. The molecule has 0 aromatic heterocycles. The number of nitrogens with zero attached hydrogens (tertiary/aromatic N) is 1. The van der Waals surface area contributed by atoms with Crippen LogP contribution in [-0.4, -0.2) is 18.1 Å². The van der Waals surface area contributed by atoms with E-state index in [1.165, 1.54) is 25.3 Å². The normalized spacial score (nSPS) is 11.4. The summed E-state index contributed by atoms with van der Waals surface area (Å²) in [5, 5.41) is 21.2. The van der Waals surface area contributed by atoms with Gasteiger partial charge in [0, 0.05) is 7.11 Å². The Balaban J connectivity index is 2.23. The zero-order valence-corrected chi connectivity index (χ0v) is 11.4. The SMILES string of the molecule is CO[C@@H](C(=O)Nc1cc(C#N)ccc1O)c1ccccc1. The second-order valence-electron chi connectivity index (χ2n) is 4.36. The van der Waals surface area contributed by atoms with Crippen LogP contribution in [0.3, 0.4) is 0 Å². The number of nitrogens with one attached hydrogen (secondary N) is 1. The van der Waals surface area contributed by atoms with Gasteiger partial charge < -0.3 is 15.2 Å². The lowest BCUT2D eigenvalue weighted by Crippen LogP contribution is -2.22. The van der Waals surface area contributed by atoms with E-state index < -0.39 is 12.0 Å². The van der Waals surface area contributed by atoms with Crippen molar-refractivity contribution in [3.8, 4) is 11.8 Å². The molecule has 0 fully saturated rings. The van der Waals surface area contributed by atoms with E-state index >= 15 is 0 Å². The fourth-order valence-electron chi connectivity index (χ4n) is 1.93. The smallest absolute Gasteiger partial charge is 0.258 e. The summed E-state index contributed by atoms with van der Waals surface area (Å²) in [6, 6.07) is 15.2. The Labute approximate surface area is 122 Å². The number of hydrogen-bond donors (Lipinski definition) is 2. The maximum absolute atomic E-state index is 12.3. The van der Waals surface area contributed by atoms with Crippen LogP contribution in [0.2, 0.25) is 0 Å². The Hall–Kier alpha value is -2.84. The maximum Gasteiger partial charge on any atom is 0.258 e. The van der Waals surface area contributed by atoms with Gasteiger partial charge in [0.25, 0.3) is 5.91 Å². The lowest BCUT2D eigenvalue weighted by molar-refractivity contribution is -0.126. The van der Waals surface area contributed by atoms with Gasteiger partial charge in [0.1, 0.15) is 5.75 Å². The van der Waals surface area contributed by atoms with Gasteiger partial charge in [-0.25, -0.2) is 0 Å². The molecule has 0 unspecified atom stereocenters. The lowest BCUT2D eigenvalue weighted by Gasteiger charge is -2.16. The van der Waals surface area contributed by atoms with Gasteiger partial charge in [-0.1, -0.05) is 30.3 Å². The molecule has 1 atom stereocenters. The number of carbonyl (C=O) groups is 1. The first-order valence-corrected chi connectivity index (χ1v) is 6.27. The molecule has 0 bridgehead atoms. The van der Waals surface area contributed by atoms with E-state index in [0.717, 1.165) is 0 Å². The minimum absolute atomic E-state index is 0.106. The number of phenols is 1. The molecule has 2 N–H and O–H groups in total. The number of hydrogen-bond acceptors (Lipinski definition) is 4. The molecule has 1 amide bonds. The summed E-state index contributed by atoms with van der Waals surface area (Å²) in [5.41, 5.74) is 1.22. The molecule has 21 heavy (non-hydrogen) atoms. The van der Waals surface area contributed by atoms with Gasteiger partial charge in [0.05, 0.1) is 17.3 Å². The van der Waals surface area contributed by atoms with Crippen LogP contribution in [-0.2, 0) is 9.53 Å². The van der Waals surface area contributed by atoms with Gasteiger partial charge in [-0.05, 0) is 23.8 Å². The van der Waals surface area contributed by atoms with Crippen LogP contribution >= 0.6 is 0 Å². The van der Waals surface area contributed by atoms with Crippen LogP contribution in [0.15, 0.2) is 48.5 Å². The van der Waals surface area contributed by atoms with Crippen LogP contribution in [0.4, 0.5) is 5.69 Å². The molecule has 2 rings (SSSR count). The molecule has 5 nitrogen and oxygen atoms in total. The molecule has 0 aliphatic carbocycles. The number of phenolic OH excluding ortho intramolecular Hbond substituents is 1. The van der Waals surface area contributed by atoms with Crippen LogP contribution in [0.1, 0.15) is 17.2 Å². The van der Waals surface area contributed by atoms with Crippen molar-refractivity contribution in [1.29, 1.82) is 5.26 Å². The van der Waals surface area contributed by atoms with Gasteiger partial charge in [0.2, 0.25) is 0 Å². The molecule has 0 radical (unpaired) electrons. The zero-order chi connectivity index (χ0) is 15.2.